The lowest BCUT2D eigenvalue weighted by Crippen LogP contribution is -2.41. The molecule has 8 heteroatoms. The molecule has 0 bridgehead atoms. The van der Waals surface area contributed by atoms with E-state index in [4.69, 9.17) is 9.47 Å². The number of piperidine rings is 1. The monoisotopic (exact) mass is 356 g/mol. The third-order valence-electron chi connectivity index (χ3n) is 3.75. The van der Waals surface area contributed by atoms with E-state index < -0.39 is 12.2 Å². The van der Waals surface area contributed by atoms with Gasteiger partial charge >= 0.3 is 12.2 Å². The lowest BCUT2D eigenvalue weighted by atomic mass is 10.1. The molecule has 1 rings (SSSR count). The van der Waals surface area contributed by atoms with Crippen LogP contribution < -0.4 is 0 Å². The molecule has 0 aromatic carbocycles. The Labute approximate surface area is 148 Å². The van der Waals surface area contributed by atoms with Crippen LogP contribution in [0.15, 0.2) is 0 Å². The van der Waals surface area contributed by atoms with E-state index >= 15 is 0 Å². The molecule has 8 nitrogen and oxygen atoms in total. The topological polar surface area (TPSA) is 93.2 Å². The highest BCUT2D eigenvalue weighted by molar-refractivity contribution is 5.88. The fourth-order valence-corrected chi connectivity index (χ4v) is 2.34. The van der Waals surface area contributed by atoms with Crippen LogP contribution in [0.2, 0.25) is 0 Å². The van der Waals surface area contributed by atoms with Gasteiger partial charge in [-0.05, 0) is 19.3 Å². The number of amides is 3. The number of carbonyl (C=O) groups is 4. The van der Waals surface area contributed by atoms with E-state index in [1.807, 2.05) is 13.8 Å². The molecular formula is C17H28N2O6. The van der Waals surface area contributed by atoms with Gasteiger partial charge < -0.3 is 14.4 Å². The molecule has 1 aliphatic heterocycles. The summed E-state index contributed by atoms with van der Waals surface area (Å²) in [7, 11) is 0. The first-order chi connectivity index (χ1) is 12.0. The van der Waals surface area contributed by atoms with Crippen molar-refractivity contribution in [3.8, 4) is 0 Å². The molecule has 1 aliphatic rings. The molecule has 0 atom stereocenters. The summed E-state index contributed by atoms with van der Waals surface area (Å²) in [5, 5.41) is 0. The Morgan fingerprint density at radius 3 is 2.00 bits per heavy atom. The molecule has 1 heterocycles. The first-order valence-electron chi connectivity index (χ1n) is 8.90. The van der Waals surface area contributed by atoms with Gasteiger partial charge in [0.1, 0.15) is 5.78 Å². The fraction of sp³-hybridized carbons (Fsp3) is 0.765. The second-order valence-corrected chi connectivity index (χ2v) is 5.90. The summed E-state index contributed by atoms with van der Waals surface area (Å²) in [6.07, 6.45) is 1.11. The van der Waals surface area contributed by atoms with E-state index in [1.54, 1.807) is 4.90 Å². The molecule has 25 heavy (non-hydrogen) atoms. The van der Waals surface area contributed by atoms with Crippen molar-refractivity contribution in [1.82, 2.24) is 9.80 Å². The summed E-state index contributed by atoms with van der Waals surface area (Å²) in [5.74, 6) is 0.101. The van der Waals surface area contributed by atoms with E-state index in [-0.39, 0.29) is 37.9 Å². The van der Waals surface area contributed by atoms with Crippen molar-refractivity contribution in [2.75, 3.05) is 32.8 Å². The zero-order valence-corrected chi connectivity index (χ0v) is 15.1. The summed E-state index contributed by atoms with van der Waals surface area (Å²) in [5.41, 5.74) is 0. The molecule has 0 aromatic heterocycles. The number of likely N-dealkylation sites (tertiary alicyclic amines) is 1. The van der Waals surface area contributed by atoms with Crippen LogP contribution in [-0.4, -0.2) is 66.5 Å². The average molecular weight is 356 g/mol. The van der Waals surface area contributed by atoms with Crippen molar-refractivity contribution in [2.45, 2.75) is 52.4 Å². The Hall–Kier alpha value is -2.12. The highest BCUT2D eigenvalue weighted by Crippen LogP contribution is 2.10. The maximum Gasteiger partial charge on any atom is 0.419 e. The predicted octanol–water partition coefficient (Wildman–Crippen LogP) is 2.35. The van der Waals surface area contributed by atoms with E-state index in [0.29, 0.717) is 45.2 Å². The van der Waals surface area contributed by atoms with E-state index in [1.165, 1.54) is 0 Å². The lowest BCUT2D eigenvalue weighted by molar-refractivity contribution is -0.134. The summed E-state index contributed by atoms with van der Waals surface area (Å²) in [6, 6.07) is 0. The van der Waals surface area contributed by atoms with Gasteiger partial charge in [0.2, 0.25) is 5.91 Å². The maximum atomic E-state index is 12.1. The van der Waals surface area contributed by atoms with Gasteiger partial charge in [-0.15, -0.1) is 0 Å². The van der Waals surface area contributed by atoms with Gasteiger partial charge in [-0.25, -0.2) is 14.5 Å². The zero-order valence-electron chi connectivity index (χ0n) is 15.1. The highest BCUT2D eigenvalue weighted by Gasteiger charge is 2.25. The average Bonchev–Trinajstić information content (AvgIpc) is 2.61. The van der Waals surface area contributed by atoms with Crippen LogP contribution in [0.3, 0.4) is 0 Å². The first kappa shape index (κ1) is 20.9. The lowest BCUT2D eigenvalue weighted by Gasteiger charge is -2.26. The molecule has 3 amide bonds. The number of ketones is 1. The largest absolute Gasteiger partial charge is 0.449 e. The molecule has 0 aliphatic carbocycles. The molecule has 0 N–H and O–H groups in total. The third kappa shape index (κ3) is 7.53. The predicted molar refractivity (Wildman–Crippen MR) is 90.0 cm³/mol. The van der Waals surface area contributed by atoms with E-state index in [2.05, 4.69) is 0 Å². The van der Waals surface area contributed by atoms with Gasteiger partial charge in [0.25, 0.3) is 0 Å². The SMILES string of the molecule is CCCOC(=O)N(CCCC(=O)N1CCC(=O)CC1)C(=O)OCCC. The van der Waals surface area contributed by atoms with Gasteiger partial charge in [-0.1, -0.05) is 13.8 Å². The van der Waals surface area contributed by atoms with Crippen molar-refractivity contribution in [3.05, 3.63) is 0 Å². The highest BCUT2D eigenvalue weighted by atomic mass is 16.6. The van der Waals surface area contributed by atoms with E-state index in [9.17, 15) is 19.2 Å². The minimum atomic E-state index is -0.751. The number of hydrogen-bond donors (Lipinski definition) is 0. The molecular weight excluding hydrogens is 328 g/mol. The number of carbonyl (C=O) groups excluding carboxylic acids is 4. The number of nitrogens with zero attached hydrogens (tertiary/aromatic N) is 2. The molecule has 0 unspecified atom stereocenters. The smallest absolute Gasteiger partial charge is 0.419 e. The minimum absolute atomic E-state index is 0.0591. The maximum absolute atomic E-state index is 12.1. The first-order valence-corrected chi connectivity index (χ1v) is 8.90. The Morgan fingerprint density at radius 2 is 1.52 bits per heavy atom. The molecule has 1 saturated heterocycles. The fourth-order valence-electron chi connectivity index (χ4n) is 2.34. The van der Waals surface area contributed by atoms with Crippen LogP contribution in [0.5, 0.6) is 0 Å². The normalized spacial score (nSPS) is 14.2. The summed E-state index contributed by atoms with van der Waals surface area (Å²) >= 11 is 0. The Balaban J connectivity index is 2.47. The van der Waals surface area contributed by atoms with Gasteiger partial charge in [0.15, 0.2) is 0 Å². The molecule has 1 fully saturated rings. The Kier molecular flexibility index (Phi) is 9.57. The minimum Gasteiger partial charge on any atom is -0.449 e. The van der Waals surface area contributed by atoms with Gasteiger partial charge in [0.05, 0.1) is 13.2 Å². The van der Waals surface area contributed by atoms with Crippen LogP contribution >= 0.6 is 0 Å². The standard InChI is InChI=1S/C17H28N2O6/c1-3-12-24-16(22)19(17(23)25-13-4-2)9-5-6-15(21)18-10-7-14(20)8-11-18/h3-13H2,1-2H3. The Bertz CT molecular complexity index is 450. The summed E-state index contributed by atoms with van der Waals surface area (Å²) in [4.78, 5) is 49.9. The molecule has 142 valence electrons. The van der Waals surface area contributed by atoms with E-state index in [0.717, 1.165) is 4.90 Å². The van der Waals surface area contributed by atoms with Crippen LogP contribution in [0.4, 0.5) is 9.59 Å². The second-order valence-electron chi connectivity index (χ2n) is 5.90. The quantitative estimate of drug-likeness (QED) is 0.663. The van der Waals surface area contributed by atoms with Crippen molar-refractivity contribution in [2.24, 2.45) is 0 Å². The molecule has 0 spiro atoms. The van der Waals surface area contributed by atoms with Gasteiger partial charge in [-0.3, -0.25) is 9.59 Å². The Morgan fingerprint density at radius 1 is 1.00 bits per heavy atom. The molecule has 0 radical (unpaired) electrons. The van der Waals surface area contributed by atoms with Gasteiger partial charge in [-0.2, -0.15) is 0 Å². The number of hydrogen-bond acceptors (Lipinski definition) is 6. The molecule has 0 aromatic rings. The summed E-state index contributed by atoms with van der Waals surface area (Å²) in [6.45, 7) is 5.10. The van der Waals surface area contributed by atoms with Gasteiger partial charge in [0, 0.05) is 38.9 Å². The zero-order chi connectivity index (χ0) is 18.7. The van der Waals surface area contributed by atoms with Crippen LogP contribution in [0.1, 0.15) is 52.4 Å². The van der Waals surface area contributed by atoms with Crippen molar-refractivity contribution in [3.63, 3.8) is 0 Å². The van der Waals surface area contributed by atoms with Crippen LogP contribution in [-0.2, 0) is 19.1 Å². The third-order valence-corrected chi connectivity index (χ3v) is 3.75. The number of ether oxygens (including phenoxy) is 2. The van der Waals surface area contributed by atoms with Crippen molar-refractivity contribution in [1.29, 1.82) is 0 Å². The number of rotatable bonds is 8. The van der Waals surface area contributed by atoms with Crippen molar-refractivity contribution < 1.29 is 28.7 Å². The van der Waals surface area contributed by atoms with Crippen molar-refractivity contribution >= 4 is 23.9 Å². The number of imide groups is 1. The van der Waals surface area contributed by atoms with Crippen LogP contribution in [0, 0.1) is 0 Å². The number of Topliss-reactive ketones (excluding diaryl/α,β-unsaturated/α-hetero) is 1. The van der Waals surface area contributed by atoms with Crippen LogP contribution in [0.25, 0.3) is 0 Å². The summed E-state index contributed by atoms with van der Waals surface area (Å²) < 4.78 is 9.99. The molecule has 0 saturated carbocycles. The second kappa shape index (κ2) is 11.4.